The number of methoxy groups -OCH3 is 1. The Balaban J connectivity index is 1.88. The molecule has 1 heterocycles. The van der Waals surface area contributed by atoms with Crippen LogP contribution in [0.4, 0.5) is 5.69 Å². The predicted octanol–water partition coefficient (Wildman–Crippen LogP) is 3.49. The zero-order chi connectivity index (χ0) is 18.0. The summed E-state index contributed by atoms with van der Waals surface area (Å²) in [6.45, 7) is 0. The van der Waals surface area contributed by atoms with Crippen molar-refractivity contribution in [3.63, 3.8) is 0 Å². The minimum Gasteiger partial charge on any atom is -0.465 e. The van der Waals surface area contributed by atoms with Gasteiger partial charge in [0.25, 0.3) is 5.91 Å². The Morgan fingerprint density at radius 3 is 2.52 bits per heavy atom. The third kappa shape index (κ3) is 3.39. The van der Waals surface area contributed by atoms with Gasteiger partial charge in [0, 0.05) is 11.1 Å². The van der Waals surface area contributed by atoms with E-state index >= 15 is 0 Å². The van der Waals surface area contributed by atoms with Crippen LogP contribution in [0.3, 0.4) is 0 Å². The molecule has 0 bridgehead atoms. The van der Waals surface area contributed by atoms with Gasteiger partial charge in [0.2, 0.25) is 0 Å². The molecule has 0 atom stereocenters. The molecule has 0 radical (unpaired) electrons. The quantitative estimate of drug-likeness (QED) is 0.573. The SMILES string of the molecule is COC(=O)c1ccc(NC(=O)c2cc3cccc(Cl)c3oc2=O)cc1. The van der Waals surface area contributed by atoms with E-state index in [1.54, 1.807) is 18.2 Å². The van der Waals surface area contributed by atoms with Crippen LogP contribution in [0.5, 0.6) is 0 Å². The van der Waals surface area contributed by atoms with Crippen LogP contribution in [-0.4, -0.2) is 19.0 Å². The Bertz CT molecular complexity index is 1020. The molecule has 0 spiro atoms. The number of carbonyl (C=O) groups excluding carboxylic acids is 2. The van der Waals surface area contributed by atoms with E-state index in [0.29, 0.717) is 21.7 Å². The number of hydrogen-bond donors (Lipinski definition) is 1. The van der Waals surface area contributed by atoms with Crippen molar-refractivity contribution in [2.24, 2.45) is 0 Å². The zero-order valence-electron chi connectivity index (χ0n) is 13.0. The molecule has 0 aliphatic heterocycles. The predicted molar refractivity (Wildman–Crippen MR) is 93.2 cm³/mol. The van der Waals surface area contributed by atoms with Gasteiger partial charge >= 0.3 is 11.6 Å². The number of carbonyl (C=O) groups is 2. The van der Waals surface area contributed by atoms with Gasteiger partial charge in [-0.15, -0.1) is 0 Å². The summed E-state index contributed by atoms with van der Waals surface area (Å²) in [6, 6.07) is 12.5. The maximum absolute atomic E-state index is 12.3. The van der Waals surface area contributed by atoms with Gasteiger partial charge in [-0.05, 0) is 36.4 Å². The number of nitrogens with one attached hydrogen (secondary N) is 1. The van der Waals surface area contributed by atoms with E-state index in [4.69, 9.17) is 16.0 Å². The number of benzene rings is 2. The minimum absolute atomic E-state index is 0.146. The van der Waals surface area contributed by atoms with Crippen molar-refractivity contribution in [1.29, 1.82) is 0 Å². The Hall–Kier alpha value is -3.12. The van der Waals surface area contributed by atoms with E-state index in [-0.39, 0.29) is 11.1 Å². The third-order valence-corrected chi connectivity index (χ3v) is 3.82. The smallest absolute Gasteiger partial charge is 0.349 e. The number of ether oxygens (including phenoxy) is 1. The molecule has 1 amide bonds. The number of para-hydroxylation sites is 1. The molecule has 7 heteroatoms. The Morgan fingerprint density at radius 1 is 1.12 bits per heavy atom. The first kappa shape index (κ1) is 16.7. The maximum atomic E-state index is 12.3. The van der Waals surface area contributed by atoms with Gasteiger partial charge in [-0.1, -0.05) is 23.7 Å². The van der Waals surface area contributed by atoms with Gasteiger partial charge in [-0.2, -0.15) is 0 Å². The number of fused-ring (bicyclic) bond motifs is 1. The summed E-state index contributed by atoms with van der Waals surface area (Å²) in [7, 11) is 1.28. The van der Waals surface area contributed by atoms with E-state index < -0.39 is 17.5 Å². The van der Waals surface area contributed by atoms with Crippen LogP contribution in [-0.2, 0) is 4.74 Å². The fourth-order valence-corrected chi connectivity index (χ4v) is 2.49. The second-order valence-corrected chi connectivity index (χ2v) is 5.54. The topological polar surface area (TPSA) is 85.6 Å². The average Bonchev–Trinajstić information content (AvgIpc) is 2.62. The van der Waals surface area contributed by atoms with Crippen molar-refractivity contribution < 1.29 is 18.7 Å². The number of amides is 1. The standard InChI is InChI=1S/C18H12ClNO5/c1-24-17(22)10-5-7-12(8-6-10)20-16(21)13-9-11-3-2-4-14(19)15(11)25-18(13)23/h2-9H,1H3,(H,20,21). The lowest BCUT2D eigenvalue weighted by Gasteiger charge is -2.06. The van der Waals surface area contributed by atoms with E-state index in [1.807, 2.05) is 0 Å². The van der Waals surface area contributed by atoms with Gasteiger partial charge in [-0.3, -0.25) is 4.79 Å². The second kappa shape index (κ2) is 6.78. The lowest BCUT2D eigenvalue weighted by Crippen LogP contribution is -2.20. The molecule has 1 aromatic heterocycles. The average molecular weight is 358 g/mol. The van der Waals surface area contributed by atoms with Gasteiger partial charge in [0.15, 0.2) is 5.58 Å². The summed E-state index contributed by atoms with van der Waals surface area (Å²) in [5.74, 6) is -1.11. The summed E-state index contributed by atoms with van der Waals surface area (Å²) < 4.78 is 9.74. The monoisotopic (exact) mass is 357 g/mol. The maximum Gasteiger partial charge on any atom is 0.349 e. The molecule has 0 aliphatic rings. The number of anilines is 1. The molecule has 126 valence electrons. The van der Waals surface area contributed by atoms with Crippen molar-refractivity contribution in [2.75, 3.05) is 12.4 Å². The number of rotatable bonds is 3. The molecule has 2 aromatic carbocycles. The van der Waals surface area contributed by atoms with Crippen LogP contribution in [0.25, 0.3) is 11.0 Å². The number of esters is 1. The molecule has 0 saturated heterocycles. The van der Waals surface area contributed by atoms with Crippen molar-refractivity contribution in [2.45, 2.75) is 0 Å². The lowest BCUT2D eigenvalue weighted by atomic mass is 10.1. The molecule has 0 fully saturated rings. The molecular formula is C18H12ClNO5. The van der Waals surface area contributed by atoms with Crippen LogP contribution in [0, 0.1) is 0 Å². The molecule has 6 nitrogen and oxygen atoms in total. The first-order chi connectivity index (χ1) is 12.0. The van der Waals surface area contributed by atoms with Gasteiger partial charge in [0.05, 0.1) is 17.7 Å². The summed E-state index contributed by atoms with van der Waals surface area (Å²) >= 11 is 5.97. The molecule has 0 unspecified atom stereocenters. The highest BCUT2D eigenvalue weighted by atomic mass is 35.5. The molecule has 3 rings (SSSR count). The Kier molecular flexibility index (Phi) is 4.54. The Labute approximate surface area is 147 Å². The second-order valence-electron chi connectivity index (χ2n) is 5.13. The van der Waals surface area contributed by atoms with E-state index in [0.717, 1.165) is 0 Å². The van der Waals surface area contributed by atoms with Crippen LogP contribution in [0.1, 0.15) is 20.7 Å². The highest BCUT2D eigenvalue weighted by Crippen LogP contribution is 2.22. The molecule has 25 heavy (non-hydrogen) atoms. The zero-order valence-corrected chi connectivity index (χ0v) is 13.8. The van der Waals surface area contributed by atoms with Gasteiger partial charge < -0.3 is 14.5 Å². The summed E-state index contributed by atoms with van der Waals surface area (Å²) in [5.41, 5.74) is 0.0628. The summed E-state index contributed by atoms with van der Waals surface area (Å²) in [4.78, 5) is 35.8. The molecule has 1 N–H and O–H groups in total. The van der Waals surface area contributed by atoms with Gasteiger partial charge in [0.1, 0.15) is 5.56 Å². The summed E-state index contributed by atoms with van der Waals surface area (Å²) in [5, 5.41) is 3.41. The fraction of sp³-hybridized carbons (Fsp3) is 0.0556. The minimum atomic E-state index is -0.788. The number of hydrogen-bond acceptors (Lipinski definition) is 5. The lowest BCUT2D eigenvalue weighted by molar-refractivity contribution is 0.0600. The molecule has 3 aromatic rings. The van der Waals surface area contributed by atoms with Crippen LogP contribution < -0.4 is 10.9 Å². The van der Waals surface area contributed by atoms with Crippen LogP contribution in [0.2, 0.25) is 5.02 Å². The van der Waals surface area contributed by atoms with Crippen LogP contribution in [0.15, 0.2) is 57.7 Å². The highest BCUT2D eigenvalue weighted by molar-refractivity contribution is 6.34. The van der Waals surface area contributed by atoms with E-state index in [1.165, 1.54) is 37.4 Å². The molecular weight excluding hydrogens is 346 g/mol. The molecule has 0 saturated carbocycles. The Morgan fingerprint density at radius 2 is 1.84 bits per heavy atom. The van der Waals surface area contributed by atoms with Crippen molar-refractivity contribution in [3.05, 3.63) is 75.1 Å². The molecule has 0 aliphatic carbocycles. The van der Waals surface area contributed by atoms with Crippen molar-refractivity contribution in [3.8, 4) is 0 Å². The van der Waals surface area contributed by atoms with Crippen molar-refractivity contribution >= 4 is 40.1 Å². The fourth-order valence-electron chi connectivity index (χ4n) is 2.27. The first-order valence-corrected chi connectivity index (χ1v) is 7.59. The van der Waals surface area contributed by atoms with Crippen molar-refractivity contribution in [1.82, 2.24) is 0 Å². The third-order valence-electron chi connectivity index (χ3n) is 3.52. The normalized spacial score (nSPS) is 10.5. The van der Waals surface area contributed by atoms with Gasteiger partial charge in [-0.25, -0.2) is 9.59 Å². The highest BCUT2D eigenvalue weighted by Gasteiger charge is 2.15. The first-order valence-electron chi connectivity index (χ1n) is 7.21. The van der Waals surface area contributed by atoms with E-state index in [9.17, 15) is 14.4 Å². The van der Waals surface area contributed by atoms with Crippen LogP contribution >= 0.6 is 11.6 Å². The summed E-state index contributed by atoms with van der Waals surface area (Å²) in [6.07, 6.45) is 0. The largest absolute Gasteiger partial charge is 0.465 e. The van der Waals surface area contributed by atoms with E-state index in [2.05, 4.69) is 10.1 Å². The number of halogens is 1.